The molecular formula is C14H20BrN3S. The van der Waals surface area contributed by atoms with E-state index < -0.39 is 0 Å². The van der Waals surface area contributed by atoms with E-state index in [-0.39, 0.29) is 0 Å². The molecule has 104 valence electrons. The molecule has 1 saturated heterocycles. The molecule has 2 N–H and O–H groups in total. The van der Waals surface area contributed by atoms with Gasteiger partial charge >= 0.3 is 0 Å². The highest BCUT2D eigenvalue weighted by Crippen LogP contribution is 2.30. The van der Waals surface area contributed by atoms with E-state index in [1.54, 1.807) is 0 Å². The molecule has 5 heteroatoms. The van der Waals surface area contributed by atoms with E-state index in [1.165, 1.54) is 0 Å². The molecule has 0 spiro atoms. The zero-order valence-corrected chi connectivity index (χ0v) is 14.0. The average Bonchev–Trinajstić information content (AvgIpc) is 2.34. The molecule has 1 aliphatic rings. The molecule has 1 aromatic carbocycles. The molecule has 1 fully saturated rings. The minimum absolute atomic E-state index is 0.446. The molecule has 0 aliphatic carbocycles. The summed E-state index contributed by atoms with van der Waals surface area (Å²) in [5, 5.41) is 0. The van der Waals surface area contributed by atoms with Crippen LogP contribution in [0.3, 0.4) is 0 Å². The molecule has 1 aliphatic heterocycles. The smallest absolute Gasteiger partial charge is 0.107 e. The lowest BCUT2D eigenvalue weighted by atomic mass is 10.1. The largest absolute Gasteiger partial charge is 0.389 e. The van der Waals surface area contributed by atoms with Crippen molar-refractivity contribution < 1.29 is 0 Å². The number of anilines is 1. The van der Waals surface area contributed by atoms with Gasteiger partial charge < -0.3 is 10.6 Å². The first-order chi connectivity index (χ1) is 8.91. The van der Waals surface area contributed by atoms with Gasteiger partial charge in [-0.3, -0.25) is 4.90 Å². The van der Waals surface area contributed by atoms with Gasteiger partial charge in [0, 0.05) is 40.9 Å². The second kappa shape index (κ2) is 5.77. The number of piperazine rings is 1. The number of rotatable bonds is 2. The van der Waals surface area contributed by atoms with Crippen molar-refractivity contribution in [1.29, 1.82) is 0 Å². The molecule has 2 unspecified atom stereocenters. The molecule has 0 saturated carbocycles. The number of likely N-dealkylation sites (N-methyl/N-ethyl adjacent to an activating group) is 1. The van der Waals surface area contributed by atoms with E-state index in [0.29, 0.717) is 17.1 Å². The normalized spacial score (nSPS) is 24.5. The van der Waals surface area contributed by atoms with Gasteiger partial charge in [0.15, 0.2) is 0 Å². The lowest BCUT2D eigenvalue weighted by molar-refractivity contribution is 0.170. The molecule has 2 atom stereocenters. The molecule has 0 amide bonds. The molecule has 0 bridgehead atoms. The highest BCUT2D eigenvalue weighted by atomic mass is 79.9. The maximum Gasteiger partial charge on any atom is 0.107 e. The average molecular weight is 342 g/mol. The fraction of sp³-hybridized carbons (Fsp3) is 0.500. The Morgan fingerprint density at radius 2 is 1.89 bits per heavy atom. The molecule has 0 aromatic heterocycles. The fourth-order valence-electron chi connectivity index (χ4n) is 2.62. The number of benzene rings is 1. The number of hydrogen-bond acceptors (Lipinski definition) is 3. The van der Waals surface area contributed by atoms with Crippen molar-refractivity contribution >= 4 is 38.8 Å². The second-order valence-electron chi connectivity index (χ2n) is 5.27. The Labute approximate surface area is 128 Å². The van der Waals surface area contributed by atoms with Crippen LogP contribution in [-0.2, 0) is 0 Å². The van der Waals surface area contributed by atoms with Crippen molar-refractivity contribution in [3.8, 4) is 0 Å². The summed E-state index contributed by atoms with van der Waals surface area (Å²) in [6, 6.07) is 7.16. The van der Waals surface area contributed by atoms with Crippen LogP contribution in [0.4, 0.5) is 5.69 Å². The number of nitrogens with two attached hydrogens (primary N) is 1. The van der Waals surface area contributed by atoms with Crippen molar-refractivity contribution in [3.05, 3.63) is 28.2 Å². The zero-order chi connectivity index (χ0) is 14.2. The van der Waals surface area contributed by atoms with Crippen LogP contribution in [0.25, 0.3) is 0 Å². The third-order valence-corrected chi connectivity index (χ3v) is 4.80. The number of nitrogens with zero attached hydrogens (tertiary/aromatic N) is 2. The van der Waals surface area contributed by atoms with E-state index in [0.717, 1.165) is 28.8 Å². The van der Waals surface area contributed by atoms with Crippen molar-refractivity contribution in [2.45, 2.75) is 25.9 Å². The lowest BCUT2D eigenvalue weighted by Gasteiger charge is -2.44. The van der Waals surface area contributed by atoms with Gasteiger partial charge in [0.1, 0.15) is 4.99 Å². The third kappa shape index (κ3) is 2.93. The fourth-order valence-corrected chi connectivity index (χ4v) is 3.54. The Morgan fingerprint density at radius 1 is 1.32 bits per heavy atom. The van der Waals surface area contributed by atoms with Gasteiger partial charge in [-0.25, -0.2) is 0 Å². The predicted octanol–water partition coefficient (Wildman–Crippen LogP) is 2.61. The SMILES string of the molecule is CC1CN(c2cccc(Br)c2C(N)=S)CC(C)N1C. The summed E-state index contributed by atoms with van der Waals surface area (Å²) in [5.41, 5.74) is 7.96. The van der Waals surface area contributed by atoms with Crippen LogP contribution in [0.1, 0.15) is 19.4 Å². The molecular weight excluding hydrogens is 322 g/mol. The van der Waals surface area contributed by atoms with Gasteiger partial charge in [0.25, 0.3) is 0 Å². The Bertz CT molecular complexity index is 480. The van der Waals surface area contributed by atoms with Crippen molar-refractivity contribution in [2.75, 3.05) is 25.0 Å². The molecule has 1 heterocycles. The van der Waals surface area contributed by atoms with Crippen LogP contribution in [0, 0.1) is 0 Å². The van der Waals surface area contributed by atoms with Crippen LogP contribution in [-0.4, -0.2) is 42.1 Å². The molecule has 19 heavy (non-hydrogen) atoms. The zero-order valence-electron chi connectivity index (χ0n) is 11.6. The molecule has 1 aromatic rings. The Hall–Kier alpha value is -0.650. The lowest BCUT2D eigenvalue weighted by Crippen LogP contribution is -2.55. The van der Waals surface area contributed by atoms with Crippen LogP contribution < -0.4 is 10.6 Å². The van der Waals surface area contributed by atoms with Gasteiger partial charge in [-0.05, 0) is 49.0 Å². The Balaban J connectivity index is 2.37. The van der Waals surface area contributed by atoms with E-state index in [1.807, 2.05) is 12.1 Å². The third-order valence-electron chi connectivity index (χ3n) is 3.94. The van der Waals surface area contributed by atoms with Crippen LogP contribution in [0.2, 0.25) is 0 Å². The van der Waals surface area contributed by atoms with E-state index in [4.69, 9.17) is 18.0 Å². The van der Waals surface area contributed by atoms with Crippen molar-refractivity contribution in [2.24, 2.45) is 5.73 Å². The highest BCUT2D eigenvalue weighted by Gasteiger charge is 2.28. The minimum atomic E-state index is 0.446. The predicted molar refractivity (Wildman–Crippen MR) is 88.9 cm³/mol. The van der Waals surface area contributed by atoms with Crippen LogP contribution in [0.15, 0.2) is 22.7 Å². The van der Waals surface area contributed by atoms with E-state index >= 15 is 0 Å². The summed E-state index contributed by atoms with van der Waals surface area (Å²) in [6.07, 6.45) is 0. The summed E-state index contributed by atoms with van der Waals surface area (Å²) in [7, 11) is 2.18. The number of hydrogen-bond donors (Lipinski definition) is 1. The van der Waals surface area contributed by atoms with E-state index in [9.17, 15) is 0 Å². The number of halogens is 1. The molecule has 2 rings (SSSR count). The first-order valence-electron chi connectivity index (χ1n) is 6.47. The topological polar surface area (TPSA) is 32.5 Å². The summed E-state index contributed by atoms with van der Waals surface area (Å²) in [5.74, 6) is 0. The molecule has 3 nitrogen and oxygen atoms in total. The Kier molecular flexibility index (Phi) is 4.48. The minimum Gasteiger partial charge on any atom is -0.389 e. The Morgan fingerprint density at radius 3 is 2.42 bits per heavy atom. The van der Waals surface area contributed by atoms with Crippen LogP contribution in [0.5, 0.6) is 0 Å². The standard InChI is InChI=1S/C14H20BrN3S/c1-9-7-18(8-10(2)17(9)3)12-6-4-5-11(15)13(12)14(16)19/h4-6,9-10H,7-8H2,1-3H3,(H2,16,19). The summed E-state index contributed by atoms with van der Waals surface area (Å²) in [4.78, 5) is 5.24. The van der Waals surface area contributed by atoms with Crippen molar-refractivity contribution in [3.63, 3.8) is 0 Å². The van der Waals surface area contributed by atoms with Gasteiger partial charge in [0.2, 0.25) is 0 Å². The van der Waals surface area contributed by atoms with Gasteiger partial charge in [0.05, 0.1) is 0 Å². The maximum atomic E-state index is 5.88. The van der Waals surface area contributed by atoms with Gasteiger partial charge in [-0.1, -0.05) is 18.3 Å². The summed E-state index contributed by atoms with van der Waals surface area (Å²) < 4.78 is 0.969. The quantitative estimate of drug-likeness (QED) is 0.838. The van der Waals surface area contributed by atoms with Crippen molar-refractivity contribution in [1.82, 2.24) is 4.90 Å². The summed E-state index contributed by atoms with van der Waals surface area (Å²) in [6.45, 7) is 6.49. The highest BCUT2D eigenvalue weighted by molar-refractivity contribution is 9.10. The first kappa shape index (κ1) is 14.8. The van der Waals surface area contributed by atoms with Crippen LogP contribution >= 0.6 is 28.1 Å². The summed E-state index contributed by atoms with van der Waals surface area (Å²) >= 11 is 8.75. The van der Waals surface area contributed by atoms with Gasteiger partial charge in [-0.2, -0.15) is 0 Å². The number of thiocarbonyl (C=S) groups is 1. The van der Waals surface area contributed by atoms with E-state index in [2.05, 4.69) is 52.7 Å². The second-order valence-corrected chi connectivity index (χ2v) is 6.56. The first-order valence-corrected chi connectivity index (χ1v) is 7.67. The van der Waals surface area contributed by atoms with Gasteiger partial charge in [-0.15, -0.1) is 0 Å². The monoisotopic (exact) mass is 341 g/mol. The maximum absolute atomic E-state index is 5.88. The molecule has 0 radical (unpaired) electrons.